The number of nitrogens with one attached hydrogen (secondary N) is 1. The Bertz CT molecular complexity index is 905. The molecule has 0 aliphatic heterocycles. The molecule has 0 unspecified atom stereocenters. The molecule has 8 heteroatoms. The average Bonchev–Trinajstić information content (AvgIpc) is 2.99. The van der Waals surface area contributed by atoms with Gasteiger partial charge in [-0.3, -0.25) is 4.79 Å². The maximum absolute atomic E-state index is 12.1. The number of rotatable bonds is 7. The van der Waals surface area contributed by atoms with Crippen LogP contribution in [0, 0.1) is 0 Å². The Labute approximate surface area is 162 Å². The van der Waals surface area contributed by atoms with E-state index in [1.165, 1.54) is 17.4 Å². The molecule has 0 radical (unpaired) electrons. The van der Waals surface area contributed by atoms with Crippen molar-refractivity contribution in [1.29, 1.82) is 0 Å². The molecular weight excluding hydrogens is 420 g/mol. The Kier molecular flexibility index (Phi) is 6.80. The van der Waals surface area contributed by atoms with Gasteiger partial charge in [-0.25, -0.2) is 8.42 Å². The van der Waals surface area contributed by atoms with Crippen molar-refractivity contribution in [3.05, 3.63) is 64.0 Å². The van der Waals surface area contributed by atoms with E-state index in [4.69, 9.17) is 4.42 Å². The Morgan fingerprint density at radius 1 is 1.35 bits per heavy atom. The predicted octanol–water partition coefficient (Wildman–Crippen LogP) is 3.32. The van der Waals surface area contributed by atoms with Crippen LogP contribution in [0.15, 0.2) is 51.4 Å². The highest BCUT2D eigenvalue weighted by molar-refractivity contribution is 9.10. The third kappa shape index (κ3) is 6.12. The highest BCUT2D eigenvalue weighted by Gasteiger charge is 2.13. The van der Waals surface area contributed by atoms with Crippen molar-refractivity contribution in [3.63, 3.8) is 0 Å². The minimum atomic E-state index is -3.27. The molecule has 2 aromatic rings. The van der Waals surface area contributed by atoms with Crippen molar-refractivity contribution < 1.29 is 17.6 Å². The normalized spacial score (nSPS) is 13.3. The number of amides is 1. The van der Waals surface area contributed by atoms with E-state index in [1.54, 1.807) is 18.2 Å². The molecule has 1 amide bonds. The first-order valence-electron chi connectivity index (χ1n) is 7.89. The molecule has 1 N–H and O–H groups in total. The number of furan rings is 1. The third-order valence-corrected chi connectivity index (χ3v) is 5.49. The maximum atomic E-state index is 12.1. The molecule has 0 saturated carbocycles. The van der Waals surface area contributed by atoms with Gasteiger partial charge in [0.05, 0.1) is 18.8 Å². The number of carbonyl (C=O) groups excluding carboxylic acids is 1. The van der Waals surface area contributed by atoms with Crippen LogP contribution < -0.4 is 5.32 Å². The molecular formula is C18H21BrN2O4S. The number of sulfonamides is 1. The lowest BCUT2D eigenvalue weighted by molar-refractivity contribution is -0.117. The molecule has 0 spiro atoms. The molecule has 0 fully saturated rings. The van der Waals surface area contributed by atoms with E-state index in [0.29, 0.717) is 11.5 Å². The molecule has 1 atom stereocenters. The molecule has 26 heavy (non-hydrogen) atoms. The zero-order chi connectivity index (χ0) is 19.3. The van der Waals surface area contributed by atoms with Gasteiger partial charge in [0.1, 0.15) is 11.5 Å². The second-order valence-electron chi connectivity index (χ2n) is 5.94. The third-order valence-electron chi connectivity index (χ3n) is 3.73. The molecule has 1 heterocycles. The monoisotopic (exact) mass is 440 g/mol. The molecule has 0 aliphatic carbocycles. The van der Waals surface area contributed by atoms with E-state index in [9.17, 15) is 13.2 Å². The smallest absolute Gasteiger partial charge is 0.244 e. The van der Waals surface area contributed by atoms with Crippen LogP contribution in [-0.4, -0.2) is 31.9 Å². The van der Waals surface area contributed by atoms with Gasteiger partial charge in [-0.2, -0.15) is 4.31 Å². The summed E-state index contributed by atoms with van der Waals surface area (Å²) >= 11 is 3.41. The van der Waals surface area contributed by atoms with Crippen LogP contribution in [0.5, 0.6) is 0 Å². The van der Waals surface area contributed by atoms with Crippen LogP contribution >= 0.6 is 15.9 Å². The first-order chi connectivity index (χ1) is 12.1. The summed E-state index contributed by atoms with van der Waals surface area (Å²) in [5.74, 6) is 0.733. The minimum Gasteiger partial charge on any atom is -0.460 e. The van der Waals surface area contributed by atoms with Crippen molar-refractivity contribution in [1.82, 2.24) is 9.62 Å². The molecule has 2 rings (SSSR count). The van der Waals surface area contributed by atoms with Crippen LogP contribution in [0.4, 0.5) is 0 Å². The largest absolute Gasteiger partial charge is 0.460 e. The second-order valence-corrected chi connectivity index (χ2v) is 8.95. The lowest BCUT2D eigenvalue weighted by Crippen LogP contribution is -2.24. The molecule has 0 bridgehead atoms. The van der Waals surface area contributed by atoms with Gasteiger partial charge in [0.2, 0.25) is 15.9 Å². The van der Waals surface area contributed by atoms with E-state index in [0.717, 1.165) is 16.3 Å². The number of hydrogen-bond donors (Lipinski definition) is 1. The Hall–Kier alpha value is -1.90. The van der Waals surface area contributed by atoms with E-state index in [2.05, 4.69) is 21.2 Å². The first-order valence-corrected chi connectivity index (χ1v) is 10.5. The summed E-state index contributed by atoms with van der Waals surface area (Å²) in [6.45, 7) is 2.04. The number of benzene rings is 1. The van der Waals surface area contributed by atoms with Crippen LogP contribution in [0.1, 0.15) is 30.0 Å². The van der Waals surface area contributed by atoms with E-state index < -0.39 is 10.0 Å². The summed E-state index contributed by atoms with van der Waals surface area (Å²) in [6.07, 6.45) is 4.07. The number of hydrogen-bond acceptors (Lipinski definition) is 4. The first kappa shape index (κ1) is 20.4. The van der Waals surface area contributed by atoms with Crippen LogP contribution in [0.25, 0.3) is 6.08 Å². The standard InChI is InChI=1S/C18H21BrN2O4S/c1-13(14-5-4-6-15(19)11-14)20-18(22)10-9-16-7-8-17(25-16)12-21(2)26(3,23)24/h4-11,13H,12H2,1-3H3,(H,20,22)/b10-9+/t13-/m0/s1. The quantitative estimate of drug-likeness (QED) is 0.669. The fourth-order valence-corrected chi connectivity index (χ4v) is 2.96. The summed E-state index contributed by atoms with van der Waals surface area (Å²) in [5, 5.41) is 2.88. The Balaban J connectivity index is 1.94. The zero-order valence-electron chi connectivity index (χ0n) is 14.8. The minimum absolute atomic E-state index is 0.138. The predicted molar refractivity (Wildman–Crippen MR) is 105 cm³/mol. The van der Waals surface area contributed by atoms with Gasteiger partial charge < -0.3 is 9.73 Å². The molecule has 1 aromatic carbocycles. The fourth-order valence-electron chi connectivity index (χ4n) is 2.18. The van der Waals surface area contributed by atoms with E-state index in [-0.39, 0.29) is 18.5 Å². The van der Waals surface area contributed by atoms with E-state index >= 15 is 0 Å². The highest BCUT2D eigenvalue weighted by atomic mass is 79.9. The summed E-state index contributed by atoms with van der Waals surface area (Å²) < 4.78 is 30.5. The topological polar surface area (TPSA) is 79.6 Å². The van der Waals surface area contributed by atoms with Crippen molar-refractivity contribution >= 4 is 37.9 Å². The number of nitrogens with zero attached hydrogens (tertiary/aromatic N) is 1. The van der Waals surface area contributed by atoms with Crippen molar-refractivity contribution in [2.24, 2.45) is 0 Å². The molecule has 0 saturated heterocycles. The van der Waals surface area contributed by atoms with Gasteiger partial charge in [-0.1, -0.05) is 28.1 Å². The summed E-state index contributed by atoms with van der Waals surface area (Å²) in [5.41, 5.74) is 0.991. The van der Waals surface area contributed by atoms with Gasteiger partial charge in [0.25, 0.3) is 0 Å². The summed E-state index contributed by atoms with van der Waals surface area (Å²) in [6, 6.07) is 11.0. The van der Waals surface area contributed by atoms with Crippen LogP contribution in [0.3, 0.4) is 0 Å². The molecule has 0 aliphatic rings. The van der Waals surface area contributed by atoms with Gasteiger partial charge in [-0.05, 0) is 42.8 Å². The molecule has 140 valence electrons. The zero-order valence-corrected chi connectivity index (χ0v) is 17.2. The maximum Gasteiger partial charge on any atom is 0.244 e. The van der Waals surface area contributed by atoms with Gasteiger partial charge >= 0.3 is 0 Å². The fraction of sp³-hybridized carbons (Fsp3) is 0.278. The summed E-state index contributed by atoms with van der Waals surface area (Å²) in [7, 11) is -1.80. The second kappa shape index (κ2) is 8.66. The Morgan fingerprint density at radius 3 is 2.73 bits per heavy atom. The van der Waals surface area contributed by atoms with Gasteiger partial charge in [-0.15, -0.1) is 0 Å². The van der Waals surface area contributed by atoms with Crippen molar-refractivity contribution in [3.8, 4) is 0 Å². The van der Waals surface area contributed by atoms with Crippen molar-refractivity contribution in [2.45, 2.75) is 19.5 Å². The molecule has 6 nitrogen and oxygen atoms in total. The van der Waals surface area contributed by atoms with Crippen LogP contribution in [-0.2, 0) is 21.4 Å². The lowest BCUT2D eigenvalue weighted by atomic mass is 10.1. The number of carbonyl (C=O) groups is 1. The lowest BCUT2D eigenvalue weighted by Gasteiger charge is -2.13. The Morgan fingerprint density at radius 2 is 2.08 bits per heavy atom. The molecule has 1 aromatic heterocycles. The average molecular weight is 441 g/mol. The van der Waals surface area contributed by atoms with Crippen LogP contribution in [0.2, 0.25) is 0 Å². The SMILES string of the molecule is C[C@H](NC(=O)/C=C/c1ccc(CN(C)S(C)(=O)=O)o1)c1cccc(Br)c1. The number of halogens is 1. The highest BCUT2D eigenvalue weighted by Crippen LogP contribution is 2.18. The summed E-state index contributed by atoms with van der Waals surface area (Å²) in [4.78, 5) is 12.1. The van der Waals surface area contributed by atoms with Gasteiger partial charge in [0, 0.05) is 17.6 Å². The van der Waals surface area contributed by atoms with Crippen molar-refractivity contribution in [2.75, 3.05) is 13.3 Å². The van der Waals surface area contributed by atoms with E-state index in [1.807, 2.05) is 31.2 Å². The van der Waals surface area contributed by atoms with Gasteiger partial charge in [0.15, 0.2) is 0 Å².